The van der Waals surface area contributed by atoms with Gasteiger partial charge in [0.15, 0.2) is 0 Å². The van der Waals surface area contributed by atoms with Gasteiger partial charge in [0.2, 0.25) is 10.0 Å². The molecule has 22 heavy (non-hydrogen) atoms. The van der Waals surface area contributed by atoms with Crippen molar-refractivity contribution in [2.24, 2.45) is 0 Å². The maximum atomic E-state index is 12.6. The number of rotatable bonds is 4. The second kappa shape index (κ2) is 6.20. The Bertz CT molecular complexity index is 727. The second-order valence-electron chi connectivity index (χ2n) is 5.53. The maximum Gasteiger partial charge on any atom is 0.243 e. The minimum absolute atomic E-state index is 0.248. The van der Waals surface area contributed by atoms with E-state index in [1.807, 2.05) is 49.5 Å². The molecule has 0 amide bonds. The molecule has 1 aliphatic rings. The number of sulfonamides is 1. The van der Waals surface area contributed by atoms with Crippen LogP contribution in [0.4, 0.5) is 0 Å². The molecule has 1 N–H and O–H groups in total. The van der Waals surface area contributed by atoms with Crippen molar-refractivity contribution in [2.45, 2.75) is 17.4 Å². The fraction of sp³-hybridized carbons (Fsp3) is 0.294. The molecule has 1 fully saturated rings. The Labute approximate surface area is 131 Å². The summed E-state index contributed by atoms with van der Waals surface area (Å²) in [6.45, 7) is 1.12. The molecule has 0 aromatic heterocycles. The first-order chi connectivity index (χ1) is 10.6. The van der Waals surface area contributed by atoms with E-state index in [1.54, 1.807) is 16.4 Å². The molecule has 2 aromatic carbocycles. The van der Waals surface area contributed by atoms with E-state index >= 15 is 0 Å². The third kappa shape index (κ3) is 2.92. The minimum atomic E-state index is -3.39. The highest BCUT2D eigenvalue weighted by Crippen LogP contribution is 2.24. The van der Waals surface area contributed by atoms with Crippen molar-refractivity contribution in [1.82, 2.24) is 9.62 Å². The molecule has 0 unspecified atom stereocenters. The summed E-state index contributed by atoms with van der Waals surface area (Å²) < 4.78 is 26.8. The zero-order valence-corrected chi connectivity index (χ0v) is 13.4. The van der Waals surface area contributed by atoms with Gasteiger partial charge in [-0.15, -0.1) is 0 Å². The van der Waals surface area contributed by atoms with Crippen molar-refractivity contribution in [3.63, 3.8) is 0 Å². The fourth-order valence-corrected chi connectivity index (χ4v) is 4.28. The summed E-state index contributed by atoms with van der Waals surface area (Å²) >= 11 is 0. The summed E-state index contributed by atoms with van der Waals surface area (Å²) in [4.78, 5) is 0.365. The van der Waals surface area contributed by atoms with Gasteiger partial charge < -0.3 is 5.32 Å². The molecular formula is C17H20N2O2S. The summed E-state index contributed by atoms with van der Waals surface area (Å²) in [5.74, 6) is 0. The molecule has 0 spiro atoms. The van der Waals surface area contributed by atoms with E-state index in [0.29, 0.717) is 18.0 Å². The van der Waals surface area contributed by atoms with Crippen LogP contribution in [0.2, 0.25) is 0 Å². The molecule has 0 aliphatic carbocycles. The highest BCUT2D eigenvalue weighted by atomic mass is 32.2. The molecule has 5 heteroatoms. The van der Waals surface area contributed by atoms with Crippen LogP contribution in [0.1, 0.15) is 6.42 Å². The van der Waals surface area contributed by atoms with Gasteiger partial charge in [-0.2, -0.15) is 4.31 Å². The standard InChI is InChI=1S/C17H20N2O2S/c1-18-16-11-12-19(13-16)22(20,21)17-9-7-15(8-10-17)14-5-3-2-4-6-14/h2-10,16,18H,11-13H2,1H3/t16-/m1/s1. The smallest absolute Gasteiger partial charge is 0.243 e. The van der Waals surface area contributed by atoms with E-state index in [9.17, 15) is 8.42 Å². The Kier molecular flexibility index (Phi) is 4.29. The number of nitrogens with one attached hydrogen (secondary N) is 1. The first-order valence-corrected chi connectivity index (χ1v) is 8.88. The van der Waals surface area contributed by atoms with Crippen LogP contribution in [0.25, 0.3) is 11.1 Å². The van der Waals surface area contributed by atoms with Gasteiger partial charge >= 0.3 is 0 Å². The van der Waals surface area contributed by atoms with Gasteiger partial charge in [0.25, 0.3) is 0 Å². The van der Waals surface area contributed by atoms with Crippen LogP contribution in [-0.4, -0.2) is 38.9 Å². The summed E-state index contributed by atoms with van der Waals surface area (Å²) in [6, 6.07) is 17.3. The van der Waals surface area contributed by atoms with Gasteiger partial charge in [-0.1, -0.05) is 42.5 Å². The lowest BCUT2D eigenvalue weighted by molar-refractivity contribution is 0.464. The fourth-order valence-electron chi connectivity index (χ4n) is 2.78. The van der Waals surface area contributed by atoms with Crippen molar-refractivity contribution in [2.75, 3.05) is 20.1 Å². The molecule has 1 heterocycles. The molecule has 3 rings (SSSR count). The number of nitrogens with zero attached hydrogens (tertiary/aromatic N) is 1. The first kappa shape index (κ1) is 15.2. The monoisotopic (exact) mass is 316 g/mol. The SMILES string of the molecule is CN[C@@H]1CCN(S(=O)(=O)c2ccc(-c3ccccc3)cc2)C1. The van der Waals surface area contributed by atoms with E-state index in [4.69, 9.17) is 0 Å². The van der Waals surface area contributed by atoms with Gasteiger partial charge in [-0.05, 0) is 36.7 Å². The largest absolute Gasteiger partial charge is 0.316 e. The van der Waals surface area contributed by atoms with Crippen LogP contribution in [0.5, 0.6) is 0 Å². The lowest BCUT2D eigenvalue weighted by Crippen LogP contribution is -2.33. The Morgan fingerprint density at radius 1 is 1.00 bits per heavy atom. The molecule has 0 radical (unpaired) electrons. The van der Waals surface area contributed by atoms with E-state index in [1.165, 1.54) is 0 Å². The van der Waals surface area contributed by atoms with Gasteiger partial charge in [-0.3, -0.25) is 0 Å². The summed E-state index contributed by atoms with van der Waals surface area (Å²) in [7, 11) is -1.52. The van der Waals surface area contributed by atoms with Gasteiger partial charge in [0.1, 0.15) is 0 Å². The van der Waals surface area contributed by atoms with E-state index in [-0.39, 0.29) is 6.04 Å². The number of likely N-dealkylation sites (N-methyl/N-ethyl adjacent to an activating group) is 1. The average Bonchev–Trinajstić information content (AvgIpc) is 3.06. The molecule has 4 nitrogen and oxygen atoms in total. The van der Waals surface area contributed by atoms with Crippen LogP contribution in [-0.2, 0) is 10.0 Å². The third-order valence-electron chi connectivity index (χ3n) is 4.16. The van der Waals surface area contributed by atoms with Gasteiger partial charge in [-0.25, -0.2) is 8.42 Å². The molecule has 1 saturated heterocycles. The highest BCUT2D eigenvalue weighted by Gasteiger charge is 2.31. The topological polar surface area (TPSA) is 49.4 Å². The Balaban J connectivity index is 1.83. The number of benzene rings is 2. The zero-order chi connectivity index (χ0) is 15.6. The lowest BCUT2D eigenvalue weighted by atomic mass is 10.1. The number of hydrogen-bond donors (Lipinski definition) is 1. The third-order valence-corrected chi connectivity index (χ3v) is 6.04. The summed E-state index contributed by atoms with van der Waals surface area (Å²) in [5, 5.41) is 3.14. The predicted molar refractivity (Wildman–Crippen MR) is 88.1 cm³/mol. The molecule has 1 aliphatic heterocycles. The quantitative estimate of drug-likeness (QED) is 0.942. The molecule has 0 bridgehead atoms. The van der Waals surface area contributed by atoms with Crippen LogP contribution < -0.4 is 5.32 Å². The van der Waals surface area contributed by atoms with E-state index in [0.717, 1.165) is 17.5 Å². The minimum Gasteiger partial charge on any atom is -0.316 e. The first-order valence-electron chi connectivity index (χ1n) is 7.44. The van der Waals surface area contributed by atoms with Crippen molar-refractivity contribution in [3.05, 3.63) is 54.6 Å². The lowest BCUT2D eigenvalue weighted by Gasteiger charge is -2.16. The van der Waals surface area contributed by atoms with Crippen LogP contribution >= 0.6 is 0 Å². The van der Waals surface area contributed by atoms with Crippen molar-refractivity contribution in [3.8, 4) is 11.1 Å². The summed E-state index contributed by atoms with van der Waals surface area (Å²) in [6.07, 6.45) is 0.859. The molecule has 1 atom stereocenters. The van der Waals surface area contributed by atoms with Gasteiger partial charge in [0.05, 0.1) is 4.90 Å². The van der Waals surface area contributed by atoms with E-state index in [2.05, 4.69) is 5.32 Å². The Hall–Kier alpha value is -1.69. The van der Waals surface area contributed by atoms with Crippen molar-refractivity contribution >= 4 is 10.0 Å². The van der Waals surface area contributed by atoms with E-state index < -0.39 is 10.0 Å². The van der Waals surface area contributed by atoms with Crippen LogP contribution in [0.15, 0.2) is 59.5 Å². The normalized spacial score (nSPS) is 19.4. The van der Waals surface area contributed by atoms with Crippen molar-refractivity contribution < 1.29 is 8.42 Å². The molecule has 116 valence electrons. The molecule has 0 saturated carbocycles. The predicted octanol–water partition coefficient (Wildman–Crippen LogP) is 2.34. The summed E-state index contributed by atoms with van der Waals surface area (Å²) in [5.41, 5.74) is 2.11. The van der Waals surface area contributed by atoms with Crippen LogP contribution in [0.3, 0.4) is 0 Å². The van der Waals surface area contributed by atoms with Crippen molar-refractivity contribution in [1.29, 1.82) is 0 Å². The maximum absolute atomic E-state index is 12.6. The Morgan fingerprint density at radius 2 is 1.64 bits per heavy atom. The average molecular weight is 316 g/mol. The van der Waals surface area contributed by atoms with Crippen LogP contribution in [0, 0.1) is 0 Å². The molecular weight excluding hydrogens is 296 g/mol. The number of hydrogen-bond acceptors (Lipinski definition) is 3. The zero-order valence-electron chi connectivity index (χ0n) is 12.6. The second-order valence-corrected chi connectivity index (χ2v) is 7.47. The Morgan fingerprint density at radius 3 is 2.23 bits per heavy atom. The highest BCUT2D eigenvalue weighted by molar-refractivity contribution is 7.89. The molecule has 2 aromatic rings. The van der Waals surface area contributed by atoms with Gasteiger partial charge in [0, 0.05) is 19.1 Å².